The molecule has 2 heterocycles. The van der Waals surface area contributed by atoms with E-state index in [9.17, 15) is 22.4 Å². The van der Waals surface area contributed by atoms with E-state index < -0.39 is 15.8 Å². The summed E-state index contributed by atoms with van der Waals surface area (Å²) in [4.78, 5) is 26.9. The average Bonchev–Trinajstić information content (AvgIpc) is 2.65. The summed E-state index contributed by atoms with van der Waals surface area (Å²) in [6, 6.07) is 5.34. The maximum Gasteiger partial charge on any atom is 0.246 e. The Kier molecular flexibility index (Phi) is 5.88. The maximum absolute atomic E-state index is 13.9. The fourth-order valence-electron chi connectivity index (χ4n) is 3.77. The van der Waals surface area contributed by atoms with Gasteiger partial charge in [0.15, 0.2) is 6.67 Å². The number of hydrogen-bond acceptors (Lipinski definition) is 4. The van der Waals surface area contributed by atoms with Gasteiger partial charge in [0.25, 0.3) is 0 Å². The second-order valence-corrected chi connectivity index (χ2v) is 9.88. The molecule has 0 unspecified atom stereocenters. The topological polar surface area (TPSA) is 79.2 Å². The number of quaternary nitrogens is 1. The number of likely N-dealkylation sites (tertiary alicyclic amines) is 1. The van der Waals surface area contributed by atoms with Crippen LogP contribution in [0.25, 0.3) is 0 Å². The van der Waals surface area contributed by atoms with Gasteiger partial charge in [0.2, 0.25) is 21.8 Å². The summed E-state index contributed by atoms with van der Waals surface area (Å²) in [7, 11) is -3.89. The van der Waals surface area contributed by atoms with Crippen LogP contribution in [0.3, 0.4) is 0 Å². The van der Waals surface area contributed by atoms with Crippen LogP contribution in [0.2, 0.25) is 0 Å². The molecule has 3 rings (SSSR count). The van der Waals surface area contributed by atoms with Gasteiger partial charge in [0, 0.05) is 12.8 Å². The van der Waals surface area contributed by atoms with E-state index in [0.29, 0.717) is 25.9 Å². The lowest BCUT2D eigenvalue weighted by Gasteiger charge is -2.39. The van der Waals surface area contributed by atoms with Crippen molar-refractivity contribution in [2.24, 2.45) is 5.41 Å². The molecule has 0 aliphatic carbocycles. The molecule has 2 aliphatic heterocycles. The number of nitrogens with one attached hydrogen (secondary N) is 1. The van der Waals surface area contributed by atoms with E-state index in [1.54, 1.807) is 0 Å². The van der Waals surface area contributed by atoms with Gasteiger partial charge in [-0.25, -0.2) is 17.7 Å². The van der Waals surface area contributed by atoms with Crippen molar-refractivity contribution in [1.82, 2.24) is 9.21 Å². The smallest absolute Gasteiger partial charge is 0.246 e. The van der Waals surface area contributed by atoms with Crippen molar-refractivity contribution in [3.05, 3.63) is 30.1 Å². The summed E-state index contributed by atoms with van der Waals surface area (Å²) in [6.07, 6.45) is 1.49. The van der Waals surface area contributed by atoms with Gasteiger partial charge in [-0.15, -0.1) is 0 Å². The van der Waals surface area contributed by atoms with Crippen molar-refractivity contribution in [2.75, 3.05) is 32.8 Å². The Morgan fingerprint density at radius 3 is 2.21 bits per heavy atom. The first-order valence-corrected chi connectivity index (χ1v) is 11.0. The first-order chi connectivity index (χ1) is 13.2. The number of benzene rings is 1. The number of amides is 2. The zero-order valence-corrected chi connectivity index (χ0v) is 17.1. The van der Waals surface area contributed by atoms with Gasteiger partial charge in [-0.2, -0.15) is 4.31 Å². The normalized spacial score (nSPS) is 21.9. The Morgan fingerprint density at radius 2 is 1.68 bits per heavy atom. The molecule has 2 fully saturated rings. The molecule has 0 saturated carbocycles. The third-order valence-electron chi connectivity index (χ3n) is 5.88. The van der Waals surface area contributed by atoms with Crippen LogP contribution in [0.1, 0.15) is 33.1 Å². The number of hydrogen-bond donors (Lipinski definition) is 1. The van der Waals surface area contributed by atoms with Crippen molar-refractivity contribution in [3.8, 4) is 0 Å². The van der Waals surface area contributed by atoms with Gasteiger partial charge in [0.1, 0.15) is 10.7 Å². The molecular formula is C19H27FN3O4S+. The first kappa shape index (κ1) is 20.9. The van der Waals surface area contributed by atoms with E-state index >= 15 is 0 Å². The summed E-state index contributed by atoms with van der Waals surface area (Å²) >= 11 is 0. The molecule has 28 heavy (non-hydrogen) atoms. The minimum atomic E-state index is -3.89. The number of piperazine rings is 1. The molecule has 0 spiro atoms. The molecule has 1 N–H and O–H groups in total. The highest BCUT2D eigenvalue weighted by Crippen LogP contribution is 2.35. The third kappa shape index (κ3) is 4.11. The van der Waals surface area contributed by atoms with E-state index in [0.717, 1.165) is 17.4 Å². The number of piperidine rings is 1. The molecule has 2 saturated heterocycles. The van der Waals surface area contributed by atoms with E-state index in [4.69, 9.17) is 0 Å². The van der Waals surface area contributed by atoms with Crippen LogP contribution < -0.4 is 4.90 Å². The number of sulfonamides is 1. The predicted molar refractivity (Wildman–Crippen MR) is 100 cm³/mol. The summed E-state index contributed by atoms with van der Waals surface area (Å²) in [5, 5.41) is 0. The zero-order valence-electron chi connectivity index (χ0n) is 16.3. The minimum absolute atomic E-state index is 0.158. The summed E-state index contributed by atoms with van der Waals surface area (Å²) < 4.78 is 40.5. The molecule has 0 bridgehead atoms. The number of halogens is 1. The number of rotatable bonds is 5. The fraction of sp³-hybridized carbons (Fsp3) is 0.579. The van der Waals surface area contributed by atoms with Crippen molar-refractivity contribution in [2.45, 2.75) is 38.0 Å². The number of carbonyl (C=O) groups is 2. The fourth-order valence-corrected chi connectivity index (χ4v) is 5.27. The van der Waals surface area contributed by atoms with Gasteiger partial charge in [-0.05, 0) is 24.0 Å². The van der Waals surface area contributed by atoms with Crippen LogP contribution in [-0.2, 0) is 19.6 Å². The second kappa shape index (κ2) is 7.88. The Labute approximate surface area is 165 Å². The Balaban J connectivity index is 1.61. The molecule has 1 aromatic carbocycles. The second-order valence-electron chi connectivity index (χ2n) is 7.98. The van der Waals surface area contributed by atoms with Gasteiger partial charge in [-0.1, -0.05) is 26.0 Å². The highest BCUT2D eigenvalue weighted by molar-refractivity contribution is 7.89. The molecule has 0 radical (unpaired) electrons. The minimum Gasteiger partial charge on any atom is -0.315 e. The average molecular weight is 413 g/mol. The predicted octanol–water partition coefficient (Wildman–Crippen LogP) is 0.238. The standard InChI is InChI=1S/C19H26FN3O4S/c1-3-19(2)12-17(24)23(18(25)13-19)14-21-8-10-22(11-9-21)28(26,27)16-7-5-4-6-15(16)20/h4-7H,3,8-14H2,1-2H3/p+1. The lowest BCUT2D eigenvalue weighted by molar-refractivity contribution is -0.911. The molecule has 154 valence electrons. The van der Waals surface area contributed by atoms with Crippen LogP contribution in [0.15, 0.2) is 29.2 Å². The number of imide groups is 1. The van der Waals surface area contributed by atoms with Crippen molar-refractivity contribution < 1.29 is 27.3 Å². The molecule has 9 heteroatoms. The number of nitrogens with zero attached hydrogens (tertiary/aromatic N) is 2. The number of carbonyl (C=O) groups excluding carboxylic acids is 2. The quantitative estimate of drug-likeness (QED) is 0.703. The van der Waals surface area contributed by atoms with Crippen LogP contribution in [0.5, 0.6) is 0 Å². The van der Waals surface area contributed by atoms with Crippen LogP contribution >= 0.6 is 0 Å². The van der Waals surface area contributed by atoms with Gasteiger partial charge >= 0.3 is 0 Å². The Hall–Kier alpha value is -1.84. The first-order valence-electron chi connectivity index (χ1n) is 9.58. The van der Waals surface area contributed by atoms with Crippen LogP contribution in [-0.4, -0.2) is 62.3 Å². The largest absolute Gasteiger partial charge is 0.315 e. The Morgan fingerprint density at radius 1 is 1.11 bits per heavy atom. The summed E-state index contributed by atoms with van der Waals surface area (Å²) in [5.41, 5.74) is -0.271. The highest BCUT2D eigenvalue weighted by atomic mass is 32.2. The van der Waals surface area contributed by atoms with E-state index in [1.165, 1.54) is 27.4 Å². The van der Waals surface area contributed by atoms with E-state index in [2.05, 4.69) is 0 Å². The molecule has 2 amide bonds. The third-order valence-corrected chi connectivity index (χ3v) is 7.81. The lowest BCUT2D eigenvalue weighted by atomic mass is 9.77. The molecule has 0 atom stereocenters. The van der Waals surface area contributed by atoms with Crippen LogP contribution in [0, 0.1) is 11.2 Å². The monoisotopic (exact) mass is 412 g/mol. The molecule has 0 aromatic heterocycles. The van der Waals surface area contributed by atoms with Gasteiger partial charge < -0.3 is 4.90 Å². The van der Waals surface area contributed by atoms with Gasteiger partial charge in [0.05, 0.1) is 26.2 Å². The highest BCUT2D eigenvalue weighted by Gasteiger charge is 2.41. The summed E-state index contributed by atoms with van der Waals surface area (Å²) in [6.45, 7) is 5.54. The van der Waals surface area contributed by atoms with Crippen molar-refractivity contribution in [3.63, 3.8) is 0 Å². The van der Waals surface area contributed by atoms with E-state index in [1.807, 2.05) is 13.8 Å². The molecule has 7 nitrogen and oxygen atoms in total. The van der Waals surface area contributed by atoms with Crippen LogP contribution in [0.4, 0.5) is 4.39 Å². The Bertz CT molecular complexity index is 848. The summed E-state index contributed by atoms with van der Waals surface area (Å²) in [5.74, 6) is -1.08. The van der Waals surface area contributed by atoms with Gasteiger partial charge in [-0.3, -0.25) is 9.59 Å². The lowest BCUT2D eigenvalue weighted by Crippen LogP contribution is -3.16. The molecule has 1 aromatic rings. The van der Waals surface area contributed by atoms with Crippen molar-refractivity contribution in [1.29, 1.82) is 0 Å². The molecule has 2 aliphatic rings. The zero-order chi connectivity index (χ0) is 20.5. The van der Waals surface area contributed by atoms with E-state index in [-0.39, 0.29) is 41.9 Å². The maximum atomic E-state index is 13.9. The van der Waals surface area contributed by atoms with Crippen molar-refractivity contribution >= 4 is 21.8 Å². The SMILES string of the molecule is CCC1(C)CC(=O)N(C[NH+]2CCN(S(=O)(=O)c3ccccc3F)CC2)C(=O)C1. The molecular weight excluding hydrogens is 385 g/mol.